The zero-order chi connectivity index (χ0) is 27.8. The van der Waals surface area contributed by atoms with Crippen LogP contribution in [0.4, 0.5) is 0 Å². The number of allylic oxidation sites excluding steroid dienone is 2. The SMILES string of the molecule is CCOC1=CC(C=NCCCSSCCCN=Cc2ccc(OCC3CO3)c(OCC)c2)=CCC1OCC1CO1. The molecule has 3 aliphatic rings. The van der Waals surface area contributed by atoms with Crippen LogP contribution in [-0.4, -0.2) is 95.0 Å². The smallest absolute Gasteiger partial charge is 0.161 e. The Bertz CT molecular complexity index is 1020. The van der Waals surface area contributed by atoms with Gasteiger partial charge in [-0.25, -0.2) is 0 Å². The molecule has 0 radical (unpaired) electrons. The van der Waals surface area contributed by atoms with Gasteiger partial charge in [0.25, 0.3) is 0 Å². The largest absolute Gasteiger partial charge is 0.495 e. The van der Waals surface area contributed by atoms with Crippen LogP contribution < -0.4 is 9.47 Å². The molecule has 0 aromatic heterocycles. The number of ether oxygens (including phenoxy) is 6. The van der Waals surface area contributed by atoms with Crippen LogP contribution in [0.3, 0.4) is 0 Å². The summed E-state index contributed by atoms with van der Waals surface area (Å²) in [5.41, 5.74) is 2.11. The van der Waals surface area contributed by atoms with E-state index < -0.39 is 0 Å². The lowest BCUT2D eigenvalue weighted by Gasteiger charge is -2.23. The molecule has 3 atom stereocenters. The molecule has 1 aliphatic carbocycles. The lowest BCUT2D eigenvalue weighted by atomic mass is 10.0. The molecule has 2 heterocycles. The van der Waals surface area contributed by atoms with Crippen LogP contribution in [0.15, 0.2) is 51.7 Å². The third kappa shape index (κ3) is 11.9. The number of epoxide rings is 2. The van der Waals surface area contributed by atoms with Crippen LogP contribution in [-0.2, 0) is 18.9 Å². The lowest BCUT2D eigenvalue weighted by molar-refractivity contribution is 0.0242. The second-order valence-corrected chi connectivity index (χ2v) is 12.2. The molecule has 0 saturated carbocycles. The van der Waals surface area contributed by atoms with E-state index in [1.807, 2.05) is 66.1 Å². The third-order valence-electron chi connectivity index (χ3n) is 6.08. The Morgan fingerprint density at radius 2 is 1.57 bits per heavy atom. The van der Waals surface area contributed by atoms with Gasteiger partial charge in [-0.1, -0.05) is 27.7 Å². The van der Waals surface area contributed by atoms with E-state index in [4.69, 9.17) is 28.4 Å². The predicted octanol–water partition coefficient (Wildman–Crippen LogP) is 5.55. The van der Waals surface area contributed by atoms with Crippen LogP contribution in [0.5, 0.6) is 11.5 Å². The van der Waals surface area contributed by atoms with Crippen molar-refractivity contribution in [2.75, 3.05) is 64.2 Å². The molecule has 0 amide bonds. The summed E-state index contributed by atoms with van der Waals surface area (Å²) in [6, 6.07) is 5.95. The molecule has 0 spiro atoms. The first-order valence-electron chi connectivity index (χ1n) is 14.3. The minimum absolute atomic E-state index is 0.0205. The van der Waals surface area contributed by atoms with E-state index in [2.05, 4.69) is 22.1 Å². The Balaban J connectivity index is 1.03. The van der Waals surface area contributed by atoms with Gasteiger partial charge >= 0.3 is 0 Å². The van der Waals surface area contributed by atoms with Gasteiger partial charge in [0.1, 0.15) is 30.7 Å². The zero-order valence-corrected chi connectivity index (χ0v) is 25.3. The molecule has 2 aliphatic heterocycles. The van der Waals surface area contributed by atoms with Crippen molar-refractivity contribution in [2.45, 2.75) is 51.4 Å². The molecular weight excluding hydrogens is 548 g/mol. The number of benzene rings is 1. The topological polar surface area (TPSA) is 86.7 Å². The highest BCUT2D eigenvalue weighted by Crippen LogP contribution is 2.29. The highest BCUT2D eigenvalue weighted by Gasteiger charge is 2.27. The summed E-state index contributed by atoms with van der Waals surface area (Å²) in [6.07, 6.45) is 11.5. The number of hydrogen-bond donors (Lipinski definition) is 0. The van der Waals surface area contributed by atoms with Gasteiger partial charge in [0.15, 0.2) is 11.5 Å². The van der Waals surface area contributed by atoms with Crippen LogP contribution in [0, 0.1) is 0 Å². The van der Waals surface area contributed by atoms with E-state index in [0.29, 0.717) is 26.4 Å². The maximum absolute atomic E-state index is 5.95. The molecule has 1 aromatic rings. The van der Waals surface area contributed by atoms with E-state index in [1.165, 1.54) is 0 Å². The summed E-state index contributed by atoms with van der Waals surface area (Å²) < 4.78 is 33.8. The van der Waals surface area contributed by atoms with Crippen molar-refractivity contribution in [3.63, 3.8) is 0 Å². The highest BCUT2D eigenvalue weighted by molar-refractivity contribution is 8.76. The number of hydrogen-bond acceptors (Lipinski definition) is 10. The third-order valence-corrected chi connectivity index (χ3v) is 8.66. The lowest BCUT2D eigenvalue weighted by Crippen LogP contribution is -2.22. The first kappa shape index (κ1) is 31.0. The fourth-order valence-electron chi connectivity index (χ4n) is 3.83. The van der Waals surface area contributed by atoms with Crippen molar-refractivity contribution in [3.8, 4) is 11.5 Å². The van der Waals surface area contributed by atoms with Crippen LogP contribution in [0.2, 0.25) is 0 Å². The fourth-order valence-corrected chi connectivity index (χ4v) is 5.98. The standard InChI is InChI=1S/C30H42N2O6S2/c1-3-33-29-15-23(7-9-27(29)37-21-25-19-35-25)17-31-11-5-13-39-40-14-6-12-32-18-24-8-10-28(30(16-24)34-4-2)38-22-26-20-36-26/h7-9,15-18,25-26,28H,3-6,10-14,19-22H2,1-2H3. The van der Waals surface area contributed by atoms with Gasteiger partial charge in [0, 0.05) is 37.0 Å². The Labute approximate surface area is 246 Å². The first-order valence-corrected chi connectivity index (χ1v) is 16.8. The Kier molecular flexibility index (Phi) is 13.7. The quantitative estimate of drug-likeness (QED) is 0.0798. The Morgan fingerprint density at radius 3 is 2.27 bits per heavy atom. The van der Waals surface area contributed by atoms with Gasteiger partial charge in [-0.2, -0.15) is 0 Å². The summed E-state index contributed by atoms with van der Waals surface area (Å²) in [6.45, 7) is 9.62. The predicted molar refractivity (Wildman–Crippen MR) is 165 cm³/mol. The molecule has 220 valence electrons. The maximum Gasteiger partial charge on any atom is 0.161 e. The van der Waals surface area contributed by atoms with Crippen LogP contribution in [0.1, 0.15) is 38.7 Å². The van der Waals surface area contributed by atoms with Gasteiger partial charge < -0.3 is 28.4 Å². The normalized spacial score (nSPS) is 21.9. The highest BCUT2D eigenvalue weighted by atomic mass is 33.1. The molecule has 2 saturated heterocycles. The Hall–Kier alpha value is -1.98. The summed E-state index contributed by atoms with van der Waals surface area (Å²) in [5.74, 6) is 4.57. The van der Waals surface area contributed by atoms with E-state index in [-0.39, 0.29) is 18.3 Å². The van der Waals surface area contributed by atoms with Gasteiger partial charge in [-0.05, 0) is 68.5 Å². The van der Waals surface area contributed by atoms with E-state index >= 15 is 0 Å². The van der Waals surface area contributed by atoms with Crippen molar-refractivity contribution in [1.29, 1.82) is 0 Å². The average Bonchev–Trinajstić information content (AvgIpc) is 3.89. The zero-order valence-electron chi connectivity index (χ0n) is 23.6. The minimum Gasteiger partial charge on any atom is -0.495 e. The molecular formula is C30H42N2O6S2. The molecule has 0 N–H and O–H groups in total. The van der Waals surface area contributed by atoms with Crippen LogP contribution in [0.25, 0.3) is 0 Å². The maximum atomic E-state index is 5.95. The summed E-state index contributed by atoms with van der Waals surface area (Å²) in [5, 5.41) is 0. The van der Waals surface area contributed by atoms with Gasteiger partial charge in [-0.3, -0.25) is 9.98 Å². The van der Waals surface area contributed by atoms with Crippen LogP contribution >= 0.6 is 21.6 Å². The summed E-state index contributed by atoms with van der Waals surface area (Å²) in [7, 11) is 3.82. The van der Waals surface area contributed by atoms with Crippen molar-refractivity contribution in [1.82, 2.24) is 0 Å². The molecule has 0 bridgehead atoms. The number of aliphatic imine (C=N–C) groups is 2. The molecule has 4 rings (SSSR count). The first-order chi connectivity index (χ1) is 19.7. The number of rotatable bonds is 21. The van der Waals surface area contributed by atoms with E-state index in [1.54, 1.807) is 0 Å². The molecule has 2 fully saturated rings. The summed E-state index contributed by atoms with van der Waals surface area (Å²) in [4.78, 5) is 9.20. The molecule has 8 nitrogen and oxygen atoms in total. The van der Waals surface area contributed by atoms with Gasteiger partial charge in [0.2, 0.25) is 0 Å². The molecule has 3 unspecified atom stereocenters. The fraction of sp³-hybridized carbons (Fsp3) is 0.600. The number of nitrogens with zero attached hydrogens (tertiary/aromatic N) is 2. The van der Waals surface area contributed by atoms with Crippen molar-refractivity contribution >= 4 is 34.0 Å². The van der Waals surface area contributed by atoms with Gasteiger partial charge in [0.05, 0.1) is 33.0 Å². The van der Waals surface area contributed by atoms with Crippen molar-refractivity contribution in [3.05, 3.63) is 47.2 Å². The molecule has 1 aromatic carbocycles. The average molecular weight is 591 g/mol. The molecule has 40 heavy (non-hydrogen) atoms. The summed E-state index contributed by atoms with van der Waals surface area (Å²) >= 11 is 0. The van der Waals surface area contributed by atoms with Crippen molar-refractivity contribution in [2.24, 2.45) is 9.98 Å². The van der Waals surface area contributed by atoms with Crippen molar-refractivity contribution < 1.29 is 28.4 Å². The second-order valence-electron chi connectivity index (χ2n) is 9.52. The second kappa shape index (κ2) is 17.7. The van der Waals surface area contributed by atoms with Gasteiger partial charge in [-0.15, -0.1) is 0 Å². The van der Waals surface area contributed by atoms with E-state index in [9.17, 15) is 0 Å². The monoisotopic (exact) mass is 590 g/mol. The minimum atomic E-state index is -0.0205. The van der Waals surface area contributed by atoms with E-state index in [0.717, 1.165) is 85.5 Å². The molecule has 10 heteroatoms. The Morgan fingerprint density at radius 1 is 0.875 bits per heavy atom.